The predicted molar refractivity (Wildman–Crippen MR) is 70.3 cm³/mol. The fraction of sp³-hybridized carbons (Fsp3) is 0.533. The van der Waals surface area contributed by atoms with Crippen molar-refractivity contribution < 1.29 is 9.53 Å². The molecule has 0 saturated heterocycles. The average Bonchev–Trinajstić information content (AvgIpc) is 2.25. The summed E-state index contributed by atoms with van der Waals surface area (Å²) in [5, 5.41) is 0. The minimum atomic E-state index is -0.398. The van der Waals surface area contributed by atoms with Gasteiger partial charge in [-0.1, -0.05) is 24.6 Å². The molecule has 0 spiro atoms. The van der Waals surface area contributed by atoms with E-state index in [0.29, 0.717) is 13.0 Å². The fourth-order valence-corrected chi connectivity index (χ4v) is 2.29. The van der Waals surface area contributed by atoms with Crippen LogP contribution in [0.15, 0.2) is 12.1 Å². The second kappa shape index (κ2) is 5.97. The van der Waals surface area contributed by atoms with Gasteiger partial charge in [-0.15, -0.1) is 0 Å². The van der Waals surface area contributed by atoms with E-state index in [1.54, 1.807) is 0 Å². The number of Topliss-reactive ketones (excluding diaryl/α,β-unsaturated/α-hetero) is 1. The number of ether oxygens (including phenoxy) is 1. The molecule has 0 aliphatic rings. The lowest BCUT2D eigenvalue weighted by atomic mass is 9.93. The average molecular weight is 234 g/mol. The number of ketones is 1. The van der Waals surface area contributed by atoms with E-state index in [1.807, 2.05) is 27.7 Å². The first kappa shape index (κ1) is 13.9. The highest BCUT2D eigenvalue weighted by Gasteiger charge is 2.22. The first-order chi connectivity index (χ1) is 8.01. The Morgan fingerprint density at radius 3 is 2.12 bits per heavy atom. The van der Waals surface area contributed by atoms with E-state index < -0.39 is 6.10 Å². The SMILES string of the molecule is CCOC(C(=O)CC)c1c(C)cc(C)cc1C. The Bertz CT molecular complexity index is 384. The lowest BCUT2D eigenvalue weighted by molar-refractivity contribution is -0.130. The van der Waals surface area contributed by atoms with Gasteiger partial charge in [-0.2, -0.15) is 0 Å². The molecule has 1 rings (SSSR count). The summed E-state index contributed by atoms with van der Waals surface area (Å²) in [7, 11) is 0. The van der Waals surface area contributed by atoms with E-state index in [-0.39, 0.29) is 5.78 Å². The van der Waals surface area contributed by atoms with Gasteiger partial charge in [0.2, 0.25) is 0 Å². The van der Waals surface area contributed by atoms with Crippen molar-refractivity contribution >= 4 is 5.78 Å². The number of hydrogen-bond acceptors (Lipinski definition) is 2. The predicted octanol–water partition coefficient (Wildman–Crippen LogP) is 3.67. The Balaban J connectivity index is 3.22. The van der Waals surface area contributed by atoms with Gasteiger partial charge in [0.15, 0.2) is 5.78 Å². The Morgan fingerprint density at radius 1 is 1.18 bits per heavy atom. The van der Waals surface area contributed by atoms with Crippen LogP contribution in [0, 0.1) is 20.8 Å². The topological polar surface area (TPSA) is 26.3 Å². The van der Waals surface area contributed by atoms with Crippen LogP contribution in [-0.2, 0) is 9.53 Å². The van der Waals surface area contributed by atoms with Crippen LogP contribution in [0.1, 0.15) is 48.6 Å². The standard InChI is InChI=1S/C15H22O2/c1-6-13(16)15(17-7-2)14-11(4)8-10(3)9-12(14)5/h8-9,15H,6-7H2,1-5H3. The van der Waals surface area contributed by atoms with Gasteiger partial charge in [0.25, 0.3) is 0 Å². The van der Waals surface area contributed by atoms with Crippen molar-refractivity contribution in [3.63, 3.8) is 0 Å². The molecule has 1 aromatic carbocycles. The summed E-state index contributed by atoms with van der Waals surface area (Å²) in [6.45, 7) is 10.5. The maximum Gasteiger partial charge on any atom is 0.165 e. The first-order valence-electron chi connectivity index (χ1n) is 6.23. The minimum Gasteiger partial charge on any atom is -0.366 e. The summed E-state index contributed by atoms with van der Waals surface area (Å²) < 4.78 is 5.63. The molecule has 0 aromatic heterocycles. The lowest BCUT2D eigenvalue weighted by Crippen LogP contribution is -2.17. The number of benzene rings is 1. The van der Waals surface area contributed by atoms with Crippen LogP contribution < -0.4 is 0 Å². The summed E-state index contributed by atoms with van der Waals surface area (Å²) in [5.41, 5.74) is 4.55. The molecule has 0 amide bonds. The highest BCUT2D eigenvalue weighted by Crippen LogP contribution is 2.27. The van der Waals surface area contributed by atoms with E-state index >= 15 is 0 Å². The van der Waals surface area contributed by atoms with Crippen molar-refractivity contribution in [2.45, 2.75) is 47.1 Å². The minimum absolute atomic E-state index is 0.155. The van der Waals surface area contributed by atoms with Crippen LogP contribution in [0.5, 0.6) is 0 Å². The normalized spacial score (nSPS) is 12.5. The molecule has 2 heteroatoms. The molecule has 94 valence electrons. The Hall–Kier alpha value is -1.15. The van der Waals surface area contributed by atoms with Crippen molar-refractivity contribution in [3.8, 4) is 0 Å². The highest BCUT2D eigenvalue weighted by molar-refractivity contribution is 5.84. The molecule has 2 nitrogen and oxygen atoms in total. The van der Waals surface area contributed by atoms with Crippen LogP contribution in [0.25, 0.3) is 0 Å². The largest absolute Gasteiger partial charge is 0.366 e. The van der Waals surface area contributed by atoms with Crippen LogP contribution in [-0.4, -0.2) is 12.4 Å². The molecule has 0 aliphatic carbocycles. The van der Waals surface area contributed by atoms with E-state index in [2.05, 4.69) is 19.1 Å². The molecule has 1 atom stereocenters. The zero-order valence-electron chi connectivity index (χ0n) is 11.5. The molecule has 1 unspecified atom stereocenters. The molecule has 0 saturated carbocycles. The van der Waals surface area contributed by atoms with Crippen molar-refractivity contribution in [1.29, 1.82) is 0 Å². The van der Waals surface area contributed by atoms with Crippen LogP contribution in [0.2, 0.25) is 0 Å². The Morgan fingerprint density at radius 2 is 1.71 bits per heavy atom. The van der Waals surface area contributed by atoms with Crippen molar-refractivity contribution in [2.75, 3.05) is 6.61 Å². The van der Waals surface area contributed by atoms with Gasteiger partial charge in [-0.3, -0.25) is 4.79 Å². The monoisotopic (exact) mass is 234 g/mol. The van der Waals surface area contributed by atoms with Gasteiger partial charge in [0.05, 0.1) is 0 Å². The Labute approximate surface area is 104 Å². The maximum atomic E-state index is 12.0. The van der Waals surface area contributed by atoms with Gasteiger partial charge in [0, 0.05) is 13.0 Å². The number of rotatable bonds is 5. The van der Waals surface area contributed by atoms with Crippen LogP contribution in [0.3, 0.4) is 0 Å². The van der Waals surface area contributed by atoms with E-state index in [1.165, 1.54) is 5.56 Å². The highest BCUT2D eigenvalue weighted by atomic mass is 16.5. The third kappa shape index (κ3) is 3.16. The molecule has 0 heterocycles. The van der Waals surface area contributed by atoms with Crippen molar-refractivity contribution in [3.05, 3.63) is 34.4 Å². The third-order valence-electron chi connectivity index (χ3n) is 2.97. The molecule has 0 bridgehead atoms. The van der Waals surface area contributed by atoms with Crippen molar-refractivity contribution in [2.24, 2.45) is 0 Å². The van der Waals surface area contributed by atoms with E-state index in [9.17, 15) is 4.79 Å². The number of carbonyl (C=O) groups is 1. The van der Waals surface area contributed by atoms with Gasteiger partial charge < -0.3 is 4.74 Å². The summed E-state index contributed by atoms with van der Waals surface area (Å²) >= 11 is 0. The molecular weight excluding hydrogens is 212 g/mol. The van der Waals surface area contributed by atoms with Gasteiger partial charge in [0.1, 0.15) is 6.10 Å². The molecule has 0 fully saturated rings. The molecule has 0 aliphatic heterocycles. The Kier molecular flexibility index (Phi) is 4.88. The third-order valence-corrected chi connectivity index (χ3v) is 2.97. The summed E-state index contributed by atoms with van der Waals surface area (Å²) in [6.07, 6.45) is 0.114. The fourth-order valence-electron chi connectivity index (χ4n) is 2.29. The number of aryl methyl sites for hydroxylation is 3. The van der Waals surface area contributed by atoms with Crippen LogP contribution >= 0.6 is 0 Å². The smallest absolute Gasteiger partial charge is 0.165 e. The summed E-state index contributed by atoms with van der Waals surface area (Å²) in [6, 6.07) is 4.22. The van der Waals surface area contributed by atoms with Gasteiger partial charge >= 0.3 is 0 Å². The second-order valence-electron chi connectivity index (χ2n) is 4.47. The molecule has 0 N–H and O–H groups in total. The van der Waals surface area contributed by atoms with Gasteiger partial charge in [-0.25, -0.2) is 0 Å². The number of hydrogen-bond donors (Lipinski definition) is 0. The molecule has 17 heavy (non-hydrogen) atoms. The van der Waals surface area contributed by atoms with Gasteiger partial charge in [-0.05, 0) is 44.4 Å². The summed E-state index contributed by atoms with van der Waals surface area (Å²) in [5.74, 6) is 0.155. The second-order valence-corrected chi connectivity index (χ2v) is 4.47. The molecule has 1 aromatic rings. The first-order valence-corrected chi connectivity index (χ1v) is 6.23. The quantitative estimate of drug-likeness (QED) is 0.777. The maximum absolute atomic E-state index is 12.0. The van der Waals surface area contributed by atoms with Crippen LogP contribution in [0.4, 0.5) is 0 Å². The van der Waals surface area contributed by atoms with Crippen molar-refractivity contribution in [1.82, 2.24) is 0 Å². The zero-order valence-corrected chi connectivity index (χ0v) is 11.5. The van der Waals surface area contributed by atoms with E-state index in [0.717, 1.165) is 16.7 Å². The van der Waals surface area contributed by atoms with E-state index in [4.69, 9.17) is 4.74 Å². The molecular formula is C15H22O2. The summed E-state index contributed by atoms with van der Waals surface area (Å²) in [4.78, 5) is 12.0. The number of carbonyl (C=O) groups excluding carboxylic acids is 1. The molecule has 0 radical (unpaired) electrons. The lowest BCUT2D eigenvalue weighted by Gasteiger charge is -2.20. The zero-order chi connectivity index (χ0) is 13.0.